The van der Waals surface area contributed by atoms with Crippen LogP contribution in [0.3, 0.4) is 0 Å². The molecule has 2 atom stereocenters. The largest absolute Gasteiger partial charge is 0.481 e. The highest BCUT2D eigenvalue weighted by Crippen LogP contribution is 2.25. The van der Waals surface area contributed by atoms with Crippen molar-refractivity contribution in [2.75, 3.05) is 0 Å². The first-order valence-electron chi connectivity index (χ1n) is 10.1. The molecule has 3 heteroatoms. The maximum Gasteiger partial charge on any atom is 0.261 e. The van der Waals surface area contributed by atoms with Gasteiger partial charge in [-0.1, -0.05) is 31.2 Å². The molecule has 0 radical (unpaired) electrons. The summed E-state index contributed by atoms with van der Waals surface area (Å²) in [6.07, 6.45) is 5.03. The molecular weight excluding hydrogens is 334 g/mol. The molecule has 2 aromatic carbocycles. The highest BCUT2D eigenvalue weighted by Gasteiger charge is 2.21. The Morgan fingerprint density at radius 3 is 2.37 bits per heavy atom. The number of benzene rings is 2. The van der Waals surface area contributed by atoms with Crippen molar-refractivity contribution < 1.29 is 9.53 Å². The Bertz CT molecular complexity index is 792. The van der Waals surface area contributed by atoms with E-state index in [0.29, 0.717) is 6.42 Å². The van der Waals surface area contributed by atoms with Gasteiger partial charge in [-0.05, 0) is 92.8 Å². The molecular formula is C24H31NO2. The summed E-state index contributed by atoms with van der Waals surface area (Å²) < 4.78 is 6.00. The van der Waals surface area contributed by atoms with Gasteiger partial charge in [-0.25, -0.2) is 0 Å². The molecule has 0 saturated heterocycles. The lowest BCUT2D eigenvalue weighted by Crippen LogP contribution is -2.39. The van der Waals surface area contributed by atoms with Crippen LogP contribution >= 0.6 is 0 Å². The first-order valence-corrected chi connectivity index (χ1v) is 10.1. The van der Waals surface area contributed by atoms with E-state index in [0.717, 1.165) is 23.3 Å². The molecule has 1 N–H and O–H groups in total. The minimum atomic E-state index is -0.480. The number of hydrogen-bond donors (Lipinski definition) is 1. The predicted molar refractivity (Wildman–Crippen MR) is 110 cm³/mol. The Hall–Kier alpha value is -2.29. The monoisotopic (exact) mass is 365 g/mol. The van der Waals surface area contributed by atoms with Gasteiger partial charge in [-0.3, -0.25) is 4.79 Å². The van der Waals surface area contributed by atoms with Crippen molar-refractivity contribution in [2.45, 2.75) is 71.9 Å². The van der Waals surface area contributed by atoms with Crippen molar-refractivity contribution in [3.8, 4) is 5.75 Å². The average Bonchev–Trinajstić information content (AvgIpc) is 2.64. The van der Waals surface area contributed by atoms with Gasteiger partial charge in [0, 0.05) is 0 Å². The van der Waals surface area contributed by atoms with E-state index < -0.39 is 6.10 Å². The minimum absolute atomic E-state index is 0.0263. The molecule has 1 amide bonds. The summed E-state index contributed by atoms with van der Waals surface area (Å²) in [4.78, 5) is 12.8. The molecule has 1 aliphatic carbocycles. The summed E-state index contributed by atoms with van der Waals surface area (Å²) >= 11 is 0. The van der Waals surface area contributed by atoms with E-state index in [2.05, 4.69) is 29.6 Å². The van der Waals surface area contributed by atoms with Crippen LogP contribution in [0.5, 0.6) is 5.75 Å². The lowest BCUT2D eigenvalue weighted by molar-refractivity contribution is -0.128. The lowest BCUT2D eigenvalue weighted by atomic mass is 9.89. The van der Waals surface area contributed by atoms with Crippen LogP contribution in [-0.4, -0.2) is 12.0 Å². The summed E-state index contributed by atoms with van der Waals surface area (Å²) in [6, 6.07) is 12.7. The number of amides is 1. The van der Waals surface area contributed by atoms with Gasteiger partial charge in [0.05, 0.1) is 6.04 Å². The Balaban J connectivity index is 1.67. The molecule has 3 rings (SSSR count). The van der Waals surface area contributed by atoms with E-state index in [4.69, 9.17) is 4.74 Å². The molecule has 0 aromatic heterocycles. The third-order valence-electron chi connectivity index (χ3n) is 5.37. The number of aryl methyl sites for hydroxylation is 4. The third kappa shape index (κ3) is 4.91. The van der Waals surface area contributed by atoms with Gasteiger partial charge in [-0.2, -0.15) is 0 Å². The van der Waals surface area contributed by atoms with Crippen molar-refractivity contribution in [2.24, 2.45) is 0 Å². The number of rotatable bonds is 6. The fourth-order valence-electron chi connectivity index (χ4n) is 3.90. The molecule has 2 aromatic rings. The predicted octanol–water partition coefficient (Wildman–Crippen LogP) is 5.22. The standard InChI is InChI=1S/C24H31NO2/c1-5-23(27-22-13-16(2)12-17(3)14-22)24(26)25-18(4)20-11-10-19-8-6-7-9-21(19)15-20/h10-15,18,23H,5-9H2,1-4H3,(H,25,26)/t18-,23+/m1/s1. The van der Waals surface area contributed by atoms with E-state index in [9.17, 15) is 4.79 Å². The summed E-state index contributed by atoms with van der Waals surface area (Å²) in [6.45, 7) is 8.11. The van der Waals surface area contributed by atoms with Gasteiger partial charge in [0.1, 0.15) is 5.75 Å². The maximum absolute atomic E-state index is 12.8. The zero-order valence-corrected chi connectivity index (χ0v) is 17.0. The second-order valence-electron chi connectivity index (χ2n) is 7.80. The van der Waals surface area contributed by atoms with Gasteiger partial charge in [-0.15, -0.1) is 0 Å². The summed E-state index contributed by atoms with van der Waals surface area (Å²) in [5.74, 6) is 0.706. The molecule has 144 valence electrons. The molecule has 27 heavy (non-hydrogen) atoms. The molecule has 0 aliphatic heterocycles. The van der Waals surface area contributed by atoms with E-state index in [1.807, 2.05) is 39.8 Å². The van der Waals surface area contributed by atoms with Crippen LogP contribution in [0.1, 0.15) is 67.0 Å². The van der Waals surface area contributed by atoms with Crippen molar-refractivity contribution in [1.82, 2.24) is 5.32 Å². The average molecular weight is 366 g/mol. The number of fused-ring (bicyclic) bond motifs is 1. The van der Waals surface area contributed by atoms with E-state index in [1.54, 1.807) is 0 Å². The first-order chi connectivity index (χ1) is 13.0. The van der Waals surface area contributed by atoms with Crippen molar-refractivity contribution in [1.29, 1.82) is 0 Å². The normalized spacial score (nSPS) is 15.6. The number of carbonyl (C=O) groups is 1. The molecule has 1 aliphatic rings. The Morgan fingerprint density at radius 2 is 1.70 bits per heavy atom. The van der Waals surface area contributed by atoms with Crippen LogP contribution in [0, 0.1) is 13.8 Å². The highest BCUT2D eigenvalue weighted by atomic mass is 16.5. The number of nitrogens with one attached hydrogen (secondary N) is 1. The second kappa shape index (κ2) is 8.60. The quantitative estimate of drug-likeness (QED) is 0.762. The van der Waals surface area contributed by atoms with Crippen molar-refractivity contribution >= 4 is 5.91 Å². The molecule has 0 unspecified atom stereocenters. The van der Waals surface area contributed by atoms with Gasteiger partial charge in [0.2, 0.25) is 0 Å². The third-order valence-corrected chi connectivity index (χ3v) is 5.37. The van der Waals surface area contributed by atoms with E-state index in [1.165, 1.54) is 36.0 Å². The highest BCUT2D eigenvalue weighted by molar-refractivity contribution is 5.81. The van der Waals surface area contributed by atoms with Crippen LogP contribution in [0.15, 0.2) is 36.4 Å². The zero-order chi connectivity index (χ0) is 19.4. The Labute approximate surface area is 163 Å². The number of hydrogen-bond acceptors (Lipinski definition) is 2. The summed E-state index contributed by atoms with van der Waals surface area (Å²) in [5.41, 5.74) is 6.36. The van der Waals surface area contributed by atoms with Crippen molar-refractivity contribution in [3.05, 3.63) is 64.2 Å². The van der Waals surface area contributed by atoms with Crippen LogP contribution in [0.2, 0.25) is 0 Å². The van der Waals surface area contributed by atoms with Gasteiger partial charge in [0.15, 0.2) is 6.10 Å². The molecule has 0 heterocycles. The Morgan fingerprint density at radius 1 is 1.04 bits per heavy atom. The molecule has 0 bridgehead atoms. The first kappa shape index (κ1) is 19.5. The van der Waals surface area contributed by atoms with Crippen LogP contribution in [0.25, 0.3) is 0 Å². The SMILES string of the molecule is CC[C@H](Oc1cc(C)cc(C)c1)C(=O)N[C@H](C)c1ccc2c(c1)CCCC2. The molecule has 0 saturated carbocycles. The number of carbonyl (C=O) groups excluding carboxylic acids is 1. The minimum Gasteiger partial charge on any atom is -0.481 e. The van der Waals surface area contributed by atoms with Gasteiger partial charge >= 0.3 is 0 Å². The fraction of sp³-hybridized carbons (Fsp3) is 0.458. The van der Waals surface area contributed by atoms with E-state index >= 15 is 0 Å². The fourth-order valence-corrected chi connectivity index (χ4v) is 3.90. The Kier molecular flexibility index (Phi) is 6.20. The zero-order valence-electron chi connectivity index (χ0n) is 17.0. The molecule has 0 fully saturated rings. The smallest absolute Gasteiger partial charge is 0.261 e. The van der Waals surface area contributed by atoms with Crippen LogP contribution in [-0.2, 0) is 17.6 Å². The van der Waals surface area contributed by atoms with Gasteiger partial charge < -0.3 is 10.1 Å². The van der Waals surface area contributed by atoms with E-state index in [-0.39, 0.29) is 11.9 Å². The topological polar surface area (TPSA) is 38.3 Å². The maximum atomic E-state index is 12.8. The van der Waals surface area contributed by atoms with Gasteiger partial charge in [0.25, 0.3) is 5.91 Å². The van der Waals surface area contributed by atoms with Crippen LogP contribution < -0.4 is 10.1 Å². The number of ether oxygens (including phenoxy) is 1. The van der Waals surface area contributed by atoms with Crippen LogP contribution in [0.4, 0.5) is 0 Å². The molecule has 0 spiro atoms. The van der Waals surface area contributed by atoms with Crippen molar-refractivity contribution in [3.63, 3.8) is 0 Å². The lowest BCUT2D eigenvalue weighted by Gasteiger charge is -2.23. The summed E-state index contributed by atoms with van der Waals surface area (Å²) in [5, 5.41) is 3.14. The summed E-state index contributed by atoms with van der Waals surface area (Å²) in [7, 11) is 0. The molecule has 3 nitrogen and oxygen atoms in total. The second-order valence-corrected chi connectivity index (χ2v) is 7.80.